The van der Waals surface area contributed by atoms with Crippen LogP contribution in [0.2, 0.25) is 0 Å². The summed E-state index contributed by atoms with van der Waals surface area (Å²) in [5.41, 5.74) is -3.34. The molecule has 3 aliphatic heterocycles. The van der Waals surface area contributed by atoms with E-state index in [0.29, 0.717) is 12.8 Å². The van der Waals surface area contributed by atoms with E-state index in [1.807, 2.05) is 48.5 Å². The highest BCUT2D eigenvalue weighted by Gasteiger charge is 2.53. The number of hydrogen-bond acceptors (Lipinski definition) is 12. The van der Waals surface area contributed by atoms with Gasteiger partial charge in [0.15, 0.2) is 12.6 Å². The Morgan fingerprint density at radius 3 is 2.00 bits per heavy atom. The Bertz CT molecular complexity index is 1150. The second-order valence-corrected chi connectivity index (χ2v) is 17.0. The van der Waals surface area contributed by atoms with Crippen molar-refractivity contribution in [1.29, 1.82) is 0 Å². The molecule has 3 heterocycles. The molecule has 0 aromatic rings. The third-order valence-corrected chi connectivity index (χ3v) is 12.2. The molecular formula is C39H70O12. The SMILES string of the molecule is CC[C@H]1OC(=O)[C@H](C)[C@@H](O[C@H]2C[C@@](C)(OC)[C@@H](OC)[C@H](C)O2)[C@H](C)[C@@H](O[C@@H]2O[C@H](C)C[C@H](C)[C@H]2OC)C(C)(C)C[C@@H](C)C(=O)[C@H](C)[C@@H](O)[C@]1(C)O. The van der Waals surface area contributed by atoms with Crippen LogP contribution < -0.4 is 0 Å². The Balaban J connectivity index is 2.19. The summed E-state index contributed by atoms with van der Waals surface area (Å²) >= 11 is 0. The van der Waals surface area contributed by atoms with Crippen molar-refractivity contribution in [3.05, 3.63) is 0 Å². The van der Waals surface area contributed by atoms with Crippen molar-refractivity contribution in [2.45, 2.75) is 181 Å². The van der Waals surface area contributed by atoms with Crippen LogP contribution in [0.3, 0.4) is 0 Å². The largest absolute Gasteiger partial charge is 0.459 e. The zero-order valence-electron chi connectivity index (χ0n) is 34.0. The van der Waals surface area contributed by atoms with Crippen molar-refractivity contribution >= 4 is 11.8 Å². The Hall–Kier alpha value is -1.22. The lowest BCUT2D eigenvalue weighted by Crippen LogP contribution is -2.59. The van der Waals surface area contributed by atoms with Crippen LogP contribution in [-0.2, 0) is 47.5 Å². The number of aliphatic hydroxyl groups excluding tert-OH is 1. The average molecular weight is 731 g/mol. The van der Waals surface area contributed by atoms with Gasteiger partial charge in [0.25, 0.3) is 0 Å². The normalized spacial score (nSPS) is 47.7. The maximum Gasteiger partial charge on any atom is 0.311 e. The summed E-state index contributed by atoms with van der Waals surface area (Å²) in [4.78, 5) is 28.1. The molecule has 51 heavy (non-hydrogen) atoms. The molecule has 0 radical (unpaired) electrons. The summed E-state index contributed by atoms with van der Waals surface area (Å²) in [6.07, 6.45) is -5.01. The standard InChI is InChI=1S/C39H70O12/c1-16-27-39(12,43)32(41)23(5)29(40)21(3)18-37(9,10)33(51-36-30(44-13)20(2)17-22(4)47-36)24(6)31(25(7)35(42)49-27)50-28-19-38(11,46-15)34(45-14)26(8)48-28/h20-28,30-34,36,41,43H,16-19H2,1-15H3/t20-,21+,22+,23-,24-,25+,26-,27+,28-,30+,31-,32+,33+,34-,36-,38+,39+/m0/s1. The number of carbonyl (C=O) groups is 2. The molecule has 3 fully saturated rings. The molecule has 2 N–H and O–H groups in total. The third kappa shape index (κ3) is 9.54. The summed E-state index contributed by atoms with van der Waals surface area (Å²) in [7, 11) is 4.90. The van der Waals surface area contributed by atoms with Gasteiger partial charge in [-0.3, -0.25) is 9.59 Å². The molecule has 0 aromatic carbocycles. The van der Waals surface area contributed by atoms with Crippen LogP contribution in [0.25, 0.3) is 0 Å². The van der Waals surface area contributed by atoms with E-state index in [-0.39, 0.29) is 36.4 Å². The van der Waals surface area contributed by atoms with Gasteiger partial charge in [0.05, 0.1) is 42.0 Å². The van der Waals surface area contributed by atoms with E-state index in [4.69, 9.17) is 37.9 Å². The molecule has 0 unspecified atom stereocenters. The molecule has 12 nitrogen and oxygen atoms in total. The monoisotopic (exact) mass is 730 g/mol. The zero-order valence-corrected chi connectivity index (χ0v) is 34.0. The van der Waals surface area contributed by atoms with Crippen molar-refractivity contribution in [2.75, 3.05) is 21.3 Å². The van der Waals surface area contributed by atoms with Gasteiger partial charge < -0.3 is 48.1 Å². The topological polar surface area (TPSA) is 148 Å². The van der Waals surface area contributed by atoms with Crippen LogP contribution in [0.15, 0.2) is 0 Å². The van der Waals surface area contributed by atoms with E-state index in [2.05, 4.69) is 6.92 Å². The molecule has 298 valence electrons. The van der Waals surface area contributed by atoms with Gasteiger partial charge in [-0.15, -0.1) is 0 Å². The second kappa shape index (κ2) is 17.5. The van der Waals surface area contributed by atoms with Crippen LogP contribution in [0.1, 0.15) is 109 Å². The van der Waals surface area contributed by atoms with Gasteiger partial charge in [-0.25, -0.2) is 0 Å². The highest BCUT2D eigenvalue weighted by molar-refractivity contribution is 5.83. The lowest BCUT2D eigenvalue weighted by Gasteiger charge is -2.50. The number of carbonyl (C=O) groups excluding carboxylic acids is 2. The lowest BCUT2D eigenvalue weighted by atomic mass is 9.69. The molecule has 3 aliphatic rings. The first kappa shape index (κ1) is 44.2. The first-order valence-corrected chi connectivity index (χ1v) is 19.0. The number of methoxy groups -OCH3 is 3. The van der Waals surface area contributed by atoms with Crippen molar-refractivity contribution in [3.63, 3.8) is 0 Å². The molecule has 0 spiro atoms. The maximum atomic E-state index is 14.2. The quantitative estimate of drug-likeness (QED) is 0.321. The Morgan fingerprint density at radius 1 is 0.824 bits per heavy atom. The summed E-state index contributed by atoms with van der Waals surface area (Å²) in [6.45, 7) is 22.4. The molecule has 0 aromatic heterocycles. The minimum Gasteiger partial charge on any atom is -0.459 e. The fourth-order valence-corrected chi connectivity index (χ4v) is 9.28. The van der Waals surface area contributed by atoms with Crippen molar-refractivity contribution in [3.8, 4) is 0 Å². The van der Waals surface area contributed by atoms with Crippen LogP contribution in [0, 0.1) is 35.0 Å². The summed E-state index contributed by atoms with van der Waals surface area (Å²) in [5, 5.41) is 23.1. The first-order chi connectivity index (χ1) is 23.6. The average Bonchev–Trinajstić information content (AvgIpc) is 3.05. The molecule has 0 aliphatic carbocycles. The van der Waals surface area contributed by atoms with E-state index >= 15 is 0 Å². The maximum absolute atomic E-state index is 14.2. The molecule has 0 bridgehead atoms. The van der Waals surface area contributed by atoms with Crippen LogP contribution in [0.4, 0.5) is 0 Å². The number of aliphatic hydroxyl groups is 2. The van der Waals surface area contributed by atoms with Gasteiger partial charge in [-0.2, -0.15) is 0 Å². The molecular weight excluding hydrogens is 660 g/mol. The van der Waals surface area contributed by atoms with Crippen molar-refractivity contribution < 1.29 is 57.7 Å². The van der Waals surface area contributed by atoms with Crippen molar-refractivity contribution in [1.82, 2.24) is 0 Å². The van der Waals surface area contributed by atoms with E-state index in [1.54, 1.807) is 42.1 Å². The number of cyclic esters (lactones) is 1. The van der Waals surface area contributed by atoms with E-state index < -0.39 is 89.4 Å². The highest BCUT2D eigenvalue weighted by Crippen LogP contribution is 2.44. The molecule has 12 heteroatoms. The summed E-state index contributed by atoms with van der Waals surface area (Å²) < 4.78 is 50.4. The smallest absolute Gasteiger partial charge is 0.311 e. The molecule has 3 saturated heterocycles. The first-order valence-electron chi connectivity index (χ1n) is 19.0. The van der Waals surface area contributed by atoms with Gasteiger partial charge in [0.1, 0.15) is 29.7 Å². The fourth-order valence-electron chi connectivity index (χ4n) is 9.28. The minimum absolute atomic E-state index is 0.0755. The van der Waals surface area contributed by atoms with Crippen LogP contribution in [-0.4, -0.2) is 116 Å². The van der Waals surface area contributed by atoms with E-state index in [9.17, 15) is 19.8 Å². The Morgan fingerprint density at radius 2 is 1.45 bits per heavy atom. The number of Topliss-reactive ketones (excluding diaryl/α,β-unsaturated/α-hetero) is 1. The van der Waals surface area contributed by atoms with E-state index in [1.165, 1.54) is 6.92 Å². The Labute approximate surface area is 306 Å². The van der Waals surface area contributed by atoms with E-state index in [0.717, 1.165) is 6.42 Å². The predicted octanol–water partition coefficient (Wildman–Crippen LogP) is 5.07. The van der Waals surface area contributed by atoms with Gasteiger partial charge in [-0.1, -0.05) is 48.5 Å². The minimum atomic E-state index is -1.90. The summed E-state index contributed by atoms with van der Waals surface area (Å²) in [5.74, 6) is -3.47. The molecule has 0 saturated carbocycles. The van der Waals surface area contributed by atoms with Gasteiger partial charge >= 0.3 is 5.97 Å². The van der Waals surface area contributed by atoms with Crippen LogP contribution in [0.5, 0.6) is 0 Å². The molecule has 17 atom stereocenters. The number of ketones is 1. The fraction of sp³-hybridized carbons (Fsp3) is 0.949. The lowest BCUT2D eigenvalue weighted by molar-refractivity contribution is -0.316. The second-order valence-electron chi connectivity index (χ2n) is 17.0. The van der Waals surface area contributed by atoms with Gasteiger partial charge in [-0.05, 0) is 65.2 Å². The number of ether oxygens (including phenoxy) is 8. The summed E-state index contributed by atoms with van der Waals surface area (Å²) in [6, 6.07) is 0. The van der Waals surface area contributed by atoms with Gasteiger partial charge in [0.2, 0.25) is 0 Å². The third-order valence-electron chi connectivity index (χ3n) is 12.2. The number of esters is 1. The molecule has 0 amide bonds. The Kier molecular flexibility index (Phi) is 15.2. The zero-order chi connectivity index (χ0) is 38.8. The number of hydrogen-bond donors (Lipinski definition) is 2. The van der Waals surface area contributed by atoms with Gasteiger partial charge in [0, 0.05) is 45.5 Å². The molecule has 3 rings (SSSR count). The van der Waals surface area contributed by atoms with Crippen LogP contribution >= 0.6 is 0 Å². The predicted molar refractivity (Wildman–Crippen MR) is 191 cm³/mol. The highest BCUT2D eigenvalue weighted by atomic mass is 16.7. The van der Waals surface area contributed by atoms with Crippen molar-refractivity contribution in [2.24, 2.45) is 35.0 Å². The number of rotatable bonds is 8.